The third kappa shape index (κ3) is 3.33. The number of hydrogen-bond donors (Lipinski definition) is 1. The Balaban J connectivity index is 2.38. The normalized spacial score (nSPS) is 11.3. The second kappa shape index (κ2) is 5.88. The van der Waals surface area contributed by atoms with E-state index >= 15 is 0 Å². The van der Waals surface area contributed by atoms with E-state index in [1.54, 1.807) is 19.1 Å². The van der Waals surface area contributed by atoms with Gasteiger partial charge in [0.05, 0.1) is 10.6 Å². The van der Waals surface area contributed by atoms with Crippen LogP contribution in [-0.2, 0) is 9.84 Å². The zero-order chi connectivity index (χ0) is 16.5. The molecule has 116 valence electrons. The number of rotatable bonds is 3. The lowest BCUT2D eigenvalue weighted by Gasteiger charge is -2.11. The summed E-state index contributed by atoms with van der Waals surface area (Å²) in [7, 11) is -3.48. The monoisotopic (exact) mass is 321 g/mol. The van der Waals surface area contributed by atoms with Crippen molar-refractivity contribution in [2.24, 2.45) is 0 Å². The van der Waals surface area contributed by atoms with Crippen LogP contribution in [0.15, 0.2) is 41.3 Å². The molecule has 22 heavy (non-hydrogen) atoms. The Morgan fingerprint density at radius 2 is 1.82 bits per heavy atom. The predicted molar refractivity (Wildman–Crippen MR) is 83.4 cm³/mol. The SMILES string of the molecule is Cc1cccc(C(=O)Nc2cc(S(C)(=O)=O)ccc2F)c1C. The third-order valence-corrected chi connectivity index (χ3v) is 4.57. The van der Waals surface area contributed by atoms with Gasteiger partial charge in [-0.15, -0.1) is 0 Å². The van der Waals surface area contributed by atoms with Gasteiger partial charge in [0.25, 0.3) is 5.91 Å². The van der Waals surface area contributed by atoms with Crippen LogP contribution in [0.3, 0.4) is 0 Å². The lowest BCUT2D eigenvalue weighted by molar-refractivity contribution is 0.102. The Bertz CT molecular complexity index is 844. The van der Waals surface area contributed by atoms with E-state index in [0.29, 0.717) is 5.56 Å². The molecule has 2 aromatic carbocycles. The summed E-state index contributed by atoms with van der Waals surface area (Å²) in [5, 5.41) is 2.43. The number of anilines is 1. The third-order valence-electron chi connectivity index (χ3n) is 3.46. The molecule has 0 saturated carbocycles. The van der Waals surface area contributed by atoms with Gasteiger partial charge in [-0.25, -0.2) is 12.8 Å². The van der Waals surface area contributed by atoms with Gasteiger partial charge in [0, 0.05) is 11.8 Å². The molecule has 0 unspecified atom stereocenters. The highest BCUT2D eigenvalue weighted by Crippen LogP contribution is 2.21. The number of amides is 1. The fraction of sp³-hybridized carbons (Fsp3) is 0.188. The average Bonchev–Trinajstić information content (AvgIpc) is 2.43. The first-order valence-corrected chi connectivity index (χ1v) is 8.46. The van der Waals surface area contributed by atoms with E-state index in [1.807, 2.05) is 13.0 Å². The summed E-state index contributed by atoms with van der Waals surface area (Å²) < 4.78 is 36.8. The van der Waals surface area contributed by atoms with Crippen LogP contribution in [0.25, 0.3) is 0 Å². The van der Waals surface area contributed by atoms with Crippen molar-refractivity contribution < 1.29 is 17.6 Å². The molecule has 0 bridgehead atoms. The summed E-state index contributed by atoms with van der Waals surface area (Å²) in [6.07, 6.45) is 1.02. The predicted octanol–water partition coefficient (Wildman–Crippen LogP) is 3.10. The molecule has 2 aromatic rings. The van der Waals surface area contributed by atoms with Crippen molar-refractivity contribution in [3.05, 3.63) is 58.9 Å². The molecule has 2 rings (SSSR count). The maximum Gasteiger partial charge on any atom is 0.256 e. The minimum atomic E-state index is -3.48. The van der Waals surface area contributed by atoms with Gasteiger partial charge in [0.15, 0.2) is 9.84 Å². The zero-order valence-electron chi connectivity index (χ0n) is 12.5. The number of carbonyl (C=O) groups is 1. The second-order valence-corrected chi connectivity index (χ2v) is 7.13. The number of carbonyl (C=O) groups excluding carboxylic acids is 1. The van der Waals surface area contributed by atoms with Crippen LogP contribution in [0.4, 0.5) is 10.1 Å². The van der Waals surface area contributed by atoms with E-state index in [4.69, 9.17) is 0 Å². The summed E-state index contributed by atoms with van der Waals surface area (Å²) in [5.74, 6) is -1.17. The van der Waals surface area contributed by atoms with Crippen molar-refractivity contribution in [3.8, 4) is 0 Å². The maximum atomic E-state index is 13.8. The van der Waals surface area contributed by atoms with Gasteiger partial charge in [-0.05, 0) is 49.2 Å². The molecule has 0 atom stereocenters. The van der Waals surface area contributed by atoms with Crippen molar-refractivity contribution in [1.82, 2.24) is 0 Å². The minimum Gasteiger partial charge on any atom is -0.319 e. The van der Waals surface area contributed by atoms with Crippen LogP contribution in [0.5, 0.6) is 0 Å². The Morgan fingerprint density at radius 1 is 1.14 bits per heavy atom. The van der Waals surface area contributed by atoms with E-state index in [0.717, 1.165) is 35.6 Å². The van der Waals surface area contributed by atoms with E-state index < -0.39 is 21.6 Å². The first-order valence-electron chi connectivity index (χ1n) is 6.57. The molecule has 0 fully saturated rings. The van der Waals surface area contributed by atoms with Crippen LogP contribution >= 0.6 is 0 Å². The first-order chi connectivity index (χ1) is 10.2. The van der Waals surface area contributed by atoms with Gasteiger partial charge < -0.3 is 5.32 Å². The maximum absolute atomic E-state index is 13.8. The molecule has 0 aliphatic heterocycles. The molecule has 0 radical (unpaired) electrons. The fourth-order valence-electron chi connectivity index (χ4n) is 2.02. The van der Waals surface area contributed by atoms with Gasteiger partial charge in [0.2, 0.25) is 0 Å². The van der Waals surface area contributed by atoms with Crippen LogP contribution in [0.2, 0.25) is 0 Å². The molecule has 6 heteroatoms. The van der Waals surface area contributed by atoms with Gasteiger partial charge in [-0.2, -0.15) is 0 Å². The van der Waals surface area contributed by atoms with E-state index in [2.05, 4.69) is 5.32 Å². The van der Waals surface area contributed by atoms with Crippen LogP contribution in [0.1, 0.15) is 21.5 Å². The molecule has 0 heterocycles. The molecule has 0 spiro atoms. The first kappa shape index (κ1) is 16.2. The van der Waals surface area contributed by atoms with E-state index in [1.165, 1.54) is 0 Å². The summed E-state index contributed by atoms with van der Waals surface area (Å²) in [4.78, 5) is 12.2. The number of halogens is 1. The van der Waals surface area contributed by atoms with Crippen molar-refractivity contribution in [2.45, 2.75) is 18.7 Å². The fourth-order valence-corrected chi connectivity index (χ4v) is 2.66. The highest BCUT2D eigenvalue weighted by molar-refractivity contribution is 7.90. The molecule has 4 nitrogen and oxygen atoms in total. The lowest BCUT2D eigenvalue weighted by atomic mass is 10.0. The number of benzene rings is 2. The summed E-state index contributed by atoms with van der Waals surface area (Å²) in [5.41, 5.74) is 2.00. The molecule has 0 aromatic heterocycles. The van der Waals surface area contributed by atoms with Crippen molar-refractivity contribution >= 4 is 21.4 Å². The van der Waals surface area contributed by atoms with Crippen LogP contribution < -0.4 is 5.32 Å². The largest absolute Gasteiger partial charge is 0.319 e. The number of sulfone groups is 1. The molecular weight excluding hydrogens is 305 g/mol. The van der Waals surface area contributed by atoms with Gasteiger partial charge in [-0.3, -0.25) is 4.79 Å². The second-order valence-electron chi connectivity index (χ2n) is 5.12. The summed E-state index contributed by atoms with van der Waals surface area (Å²) in [6.45, 7) is 3.67. The highest BCUT2D eigenvalue weighted by Gasteiger charge is 2.15. The summed E-state index contributed by atoms with van der Waals surface area (Å²) >= 11 is 0. The topological polar surface area (TPSA) is 63.2 Å². The number of aryl methyl sites for hydroxylation is 1. The molecule has 1 amide bonds. The zero-order valence-corrected chi connectivity index (χ0v) is 13.3. The smallest absolute Gasteiger partial charge is 0.256 e. The highest BCUT2D eigenvalue weighted by atomic mass is 32.2. The standard InChI is InChI=1S/C16H16FNO3S/c1-10-5-4-6-13(11(10)2)16(19)18-15-9-12(22(3,20)21)7-8-14(15)17/h4-9H,1-3H3,(H,18,19). The quantitative estimate of drug-likeness (QED) is 0.884. The van der Waals surface area contributed by atoms with E-state index in [9.17, 15) is 17.6 Å². The Kier molecular flexibility index (Phi) is 4.32. The number of hydrogen-bond acceptors (Lipinski definition) is 3. The number of nitrogens with one attached hydrogen (secondary N) is 1. The van der Waals surface area contributed by atoms with Gasteiger partial charge in [0.1, 0.15) is 5.82 Å². The van der Waals surface area contributed by atoms with Crippen LogP contribution in [-0.4, -0.2) is 20.6 Å². The van der Waals surface area contributed by atoms with Crippen LogP contribution in [0, 0.1) is 19.7 Å². The summed E-state index contributed by atoms with van der Waals surface area (Å²) in [6, 6.07) is 8.55. The molecule has 0 aliphatic carbocycles. The average molecular weight is 321 g/mol. The molecule has 1 N–H and O–H groups in total. The van der Waals surface area contributed by atoms with Crippen molar-refractivity contribution in [2.75, 3.05) is 11.6 Å². The minimum absolute atomic E-state index is 0.0508. The molecule has 0 saturated heterocycles. The molecule has 0 aliphatic rings. The molecular formula is C16H16FNO3S. The Morgan fingerprint density at radius 3 is 2.45 bits per heavy atom. The van der Waals surface area contributed by atoms with Gasteiger partial charge in [-0.1, -0.05) is 12.1 Å². The van der Waals surface area contributed by atoms with Crippen molar-refractivity contribution in [3.63, 3.8) is 0 Å². The van der Waals surface area contributed by atoms with Gasteiger partial charge >= 0.3 is 0 Å². The van der Waals surface area contributed by atoms with E-state index in [-0.39, 0.29) is 10.6 Å². The van der Waals surface area contributed by atoms with Crippen molar-refractivity contribution in [1.29, 1.82) is 0 Å². The Labute approximate surface area is 128 Å². The lowest BCUT2D eigenvalue weighted by Crippen LogP contribution is -2.15. The Hall–Kier alpha value is -2.21.